The Morgan fingerprint density at radius 2 is 0.754 bits per heavy atom. The van der Waals surface area contributed by atoms with Crippen molar-refractivity contribution in [1.82, 2.24) is 0 Å². The van der Waals surface area contributed by atoms with Crippen LogP contribution in [0.3, 0.4) is 0 Å². The van der Waals surface area contributed by atoms with E-state index in [1.165, 1.54) is 70.6 Å². The van der Waals surface area contributed by atoms with E-state index in [0.29, 0.717) is 19.3 Å². The van der Waals surface area contributed by atoms with Crippen molar-refractivity contribution in [2.24, 2.45) is 0 Å². The van der Waals surface area contributed by atoms with Gasteiger partial charge in [0.25, 0.3) is 0 Å². The highest BCUT2D eigenvalue weighted by atomic mass is 16.6. The van der Waals surface area contributed by atoms with Crippen LogP contribution in [0.5, 0.6) is 0 Å². The first kappa shape index (κ1) is 53.9. The maximum Gasteiger partial charge on any atom is 0.306 e. The lowest BCUT2D eigenvalue weighted by Crippen LogP contribution is -2.30. The zero-order valence-corrected chi connectivity index (χ0v) is 37.1. The second-order valence-corrected chi connectivity index (χ2v) is 15.3. The van der Waals surface area contributed by atoms with Gasteiger partial charge in [0, 0.05) is 19.3 Å². The van der Waals surface area contributed by atoms with Gasteiger partial charge in [-0.15, -0.1) is 0 Å². The number of unbranched alkanes of at least 4 members (excludes halogenated alkanes) is 18. The van der Waals surface area contributed by atoms with Gasteiger partial charge in [0.15, 0.2) is 6.10 Å². The third kappa shape index (κ3) is 43.8. The second kappa shape index (κ2) is 45.6. The molecule has 0 bridgehead atoms. The van der Waals surface area contributed by atoms with Crippen LogP contribution in [-0.2, 0) is 28.6 Å². The Hall–Kier alpha value is -3.15. The van der Waals surface area contributed by atoms with Crippen LogP contribution < -0.4 is 0 Å². The van der Waals surface area contributed by atoms with E-state index in [2.05, 4.69) is 81.5 Å². The topological polar surface area (TPSA) is 78.9 Å². The molecule has 1 unspecified atom stereocenters. The van der Waals surface area contributed by atoms with Crippen LogP contribution >= 0.6 is 0 Å². The first-order valence-corrected chi connectivity index (χ1v) is 23.4. The van der Waals surface area contributed by atoms with Gasteiger partial charge >= 0.3 is 17.9 Å². The molecule has 0 heterocycles. The summed E-state index contributed by atoms with van der Waals surface area (Å²) < 4.78 is 16.6. The first-order chi connectivity index (χ1) is 28.0. The molecule has 0 N–H and O–H groups in total. The van der Waals surface area contributed by atoms with Gasteiger partial charge in [-0.2, -0.15) is 0 Å². The molecule has 0 fully saturated rings. The summed E-state index contributed by atoms with van der Waals surface area (Å²) in [6.07, 6.45) is 56.2. The van der Waals surface area contributed by atoms with Crippen molar-refractivity contribution in [2.45, 2.75) is 219 Å². The molecule has 0 saturated carbocycles. The van der Waals surface area contributed by atoms with Gasteiger partial charge in [-0.05, 0) is 89.9 Å². The maximum atomic E-state index is 12.7. The number of esters is 3. The molecule has 0 aliphatic rings. The van der Waals surface area contributed by atoms with Gasteiger partial charge in [-0.3, -0.25) is 14.4 Å². The average molecular weight is 795 g/mol. The van der Waals surface area contributed by atoms with Crippen LogP contribution in [0.2, 0.25) is 0 Å². The fourth-order valence-corrected chi connectivity index (χ4v) is 6.16. The summed E-state index contributed by atoms with van der Waals surface area (Å²) in [5.41, 5.74) is 0. The second-order valence-electron chi connectivity index (χ2n) is 15.3. The van der Waals surface area contributed by atoms with Crippen LogP contribution in [0, 0.1) is 0 Å². The highest BCUT2D eigenvalue weighted by molar-refractivity contribution is 5.71. The summed E-state index contributed by atoms with van der Waals surface area (Å²) in [7, 11) is 0. The molecule has 6 heteroatoms. The van der Waals surface area contributed by atoms with Gasteiger partial charge in [0.2, 0.25) is 0 Å². The summed E-state index contributed by atoms with van der Waals surface area (Å²) in [6, 6.07) is 0. The molecule has 0 aromatic heterocycles. The molecular weight excluding hydrogens is 709 g/mol. The van der Waals surface area contributed by atoms with Crippen LogP contribution in [0.15, 0.2) is 72.9 Å². The SMILES string of the molecule is CC/C=C\C/C=C\C/C=C\C/C=C\CCC(=O)OC(COC(=O)CCCCCCC/C=C\CCC)COC(=O)CCCCCCC/C=C\CCCCCCCCC. The van der Waals surface area contributed by atoms with E-state index in [1.807, 2.05) is 12.2 Å². The number of rotatable bonds is 41. The van der Waals surface area contributed by atoms with Crippen LogP contribution in [-0.4, -0.2) is 37.2 Å². The third-order valence-electron chi connectivity index (χ3n) is 9.66. The lowest BCUT2D eigenvalue weighted by molar-refractivity contribution is -0.166. The van der Waals surface area contributed by atoms with E-state index in [-0.39, 0.29) is 31.6 Å². The summed E-state index contributed by atoms with van der Waals surface area (Å²) in [5.74, 6) is -1.02. The molecule has 0 aromatic rings. The fourth-order valence-electron chi connectivity index (χ4n) is 6.16. The zero-order valence-electron chi connectivity index (χ0n) is 37.1. The predicted molar refractivity (Wildman–Crippen MR) is 242 cm³/mol. The van der Waals surface area contributed by atoms with Crippen LogP contribution in [0.25, 0.3) is 0 Å². The molecule has 0 aliphatic carbocycles. The average Bonchev–Trinajstić information content (AvgIpc) is 3.21. The van der Waals surface area contributed by atoms with Gasteiger partial charge in [-0.1, -0.05) is 177 Å². The summed E-state index contributed by atoms with van der Waals surface area (Å²) in [4.78, 5) is 37.7. The van der Waals surface area contributed by atoms with E-state index in [9.17, 15) is 14.4 Å². The Morgan fingerprint density at radius 3 is 1.21 bits per heavy atom. The Bertz CT molecular complexity index is 1100. The molecule has 0 saturated heterocycles. The number of carbonyl (C=O) groups is 3. The zero-order chi connectivity index (χ0) is 41.5. The summed E-state index contributed by atoms with van der Waals surface area (Å²) in [5, 5.41) is 0. The lowest BCUT2D eigenvalue weighted by atomic mass is 10.1. The molecule has 0 amide bonds. The number of ether oxygens (including phenoxy) is 3. The highest BCUT2D eigenvalue weighted by Crippen LogP contribution is 2.13. The van der Waals surface area contributed by atoms with E-state index in [4.69, 9.17) is 14.2 Å². The van der Waals surface area contributed by atoms with Crippen LogP contribution in [0.1, 0.15) is 213 Å². The maximum absolute atomic E-state index is 12.7. The van der Waals surface area contributed by atoms with E-state index in [0.717, 1.165) is 96.3 Å². The molecule has 57 heavy (non-hydrogen) atoms. The van der Waals surface area contributed by atoms with Gasteiger partial charge in [0.1, 0.15) is 13.2 Å². The van der Waals surface area contributed by atoms with Gasteiger partial charge < -0.3 is 14.2 Å². The van der Waals surface area contributed by atoms with Crippen molar-refractivity contribution >= 4 is 17.9 Å². The molecule has 6 nitrogen and oxygen atoms in total. The minimum atomic E-state index is -0.817. The Labute approximate surface area is 351 Å². The third-order valence-corrected chi connectivity index (χ3v) is 9.66. The summed E-state index contributed by atoms with van der Waals surface area (Å²) >= 11 is 0. The van der Waals surface area contributed by atoms with Crippen molar-refractivity contribution in [2.75, 3.05) is 13.2 Å². The standard InChI is InChI=1S/C51H86O6/c1-4-7-10-13-16-19-22-24-25-26-28-29-32-35-38-41-44-50(53)56-47-48(46-55-49(52)43-40-37-34-31-21-18-15-12-9-6-3)57-51(54)45-42-39-36-33-30-27-23-20-17-14-11-8-5-2/h8,11-12,15,17,20,25-27,30,36,39,48H,4-7,9-10,13-14,16,18-19,21-24,28-29,31-35,37-38,40-47H2,1-3H3/b11-8-,15-12-,20-17-,26-25-,30-27-,39-36-. The Kier molecular flexibility index (Phi) is 43.0. The number of hydrogen-bond donors (Lipinski definition) is 0. The molecule has 0 aliphatic heterocycles. The fraction of sp³-hybridized carbons (Fsp3) is 0.706. The van der Waals surface area contributed by atoms with Crippen LogP contribution in [0.4, 0.5) is 0 Å². The highest BCUT2D eigenvalue weighted by Gasteiger charge is 2.19. The van der Waals surface area contributed by atoms with Crippen molar-refractivity contribution < 1.29 is 28.6 Å². The normalized spacial score (nSPS) is 12.7. The first-order valence-electron chi connectivity index (χ1n) is 23.4. The van der Waals surface area contributed by atoms with Crippen molar-refractivity contribution in [3.63, 3.8) is 0 Å². The summed E-state index contributed by atoms with van der Waals surface area (Å²) in [6.45, 7) is 6.36. The van der Waals surface area contributed by atoms with E-state index >= 15 is 0 Å². The van der Waals surface area contributed by atoms with Crippen molar-refractivity contribution in [3.8, 4) is 0 Å². The molecule has 326 valence electrons. The monoisotopic (exact) mass is 795 g/mol. The Balaban J connectivity index is 4.47. The molecule has 1 atom stereocenters. The Morgan fingerprint density at radius 1 is 0.368 bits per heavy atom. The molecule has 0 aromatic carbocycles. The molecule has 0 spiro atoms. The van der Waals surface area contributed by atoms with Crippen molar-refractivity contribution in [3.05, 3.63) is 72.9 Å². The molecule has 0 radical (unpaired) electrons. The van der Waals surface area contributed by atoms with Gasteiger partial charge in [-0.25, -0.2) is 0 Å². The number of allylic oxidation sites excluding steroid dienone is 12. The minimum absolute atomic E-state index is 0.111. The number of hydrogen-bond acceptors (Lipinski definition) is 6. The minimum Gasteiger partial charge on any atom is -0.462 e. The lowest BCUT2D eigenvalue weighted by Gasteiger charge is -2.18. The largest absolute Gasteiger partial charge is 0.462 e. The predicted octanol–water partition coefficient (Wildman–Crippen LogP) is 15.1. The molecular formula is C51H86O6. The van der Waals surface area contributed by atoms with Gasteiger partial charge in [0.05, 0.1) is 0 Å². The van der Waals surface area contributed by atoms with E-state index in [1.54, 1.807) is 0 Å². The molecule has 0 rings (SSSR count). The number of carbonyl (C=O) groups excluding carboxylic acids is 3. The quantitative estimate of drug-likeness (QED) is 0.0265. The van der Waals surface area contributed by atoms with Crippen molar-refractivity contribution in [1.29, 1.82) is 0 Å². The smallest absolute Gasteiger partial charge is 0.306 e. The van der Waals surface area contributed by atoms with E-state index < -0.39 is 12.1 Å².